The van der Waals surface area contributed by atoms with Crippen LogP contribution in [0.2, 0.25) is 0 Å². The van der Waals surface area contributed by atoms with E-state index in [0.717, 1.165) is 18.9 Å². The molecule has 1 aliphatic rings. The lowest BCUT2D eigenvalue weighted by atomic mass is 9.84. The third-order valence-electron chi connectivity index (χ3n) is 3.65. The number of nitrogens with one attached hydrogen (secondary N) is 2. The maximum atomic E-state index is 4.23. The quantitative estimate of drug-likeness (QED) is 0.750. The molecule has 3 heteroatoms. The van der Waals surface area contributed by atoms with Gasteiger partial charge in [0.05, 0.1) is 6.20 Å². The maximum Gasteiger partial charge on any atom is 0.0524 e. The van der Waals surface area contributed by atoms with Gasteiger partial charge >= 0.3 is 0 Å². The highest BCUT2D eigenvalue weighted by Crippen LogP contribution is 2.33. The van der Waals surface area contributed by atoms with Gasteiger partial charge in [0.25, 0.3) is 0 Å². The third kappa shape index (κ3) is 2.85. The van der Waals surface area contributed by atoms with Gasteiger partial charge in [-0.05, 0) is 50.8 Å². The van der Waals surface area contributed by atoms with Crippen LogP contribution >= 0.6 is 0 Å². The molecular formula is C13H23N3. The molecule has 1 aromatic heterocycles. The summed E-state index contributed by atoms with van der Waals surface area (Å²) in [5.41, 5.74) is 2.87. The van der Waals surface area contributed by atoms with Crippen LogP contribution in [0.3, 0.4) is 0 Å². The van der Waals surface area contributed by atoms with Crippen molar-refractivity contribution in [3.8, 4) is 0 Å². The Labute approximate surface area is 98.0 Å². The summed E-state index contributed by atoms with van der Waals surface area (Å²) in [6, 6.07) is 0. The van der Waals surface area contributed by atoms with Crippen molar-refractivity contribution in [2.75, 3.05) is 13.6 Å². The normalized spacial score (nSPS) is 17.8. The van der Waals surface area contributed by atoms with Crippen LogP contribution in [0, 0.1) is 0 Å². The second-order valence-electron chi connectivity index (χ2n) is 4.85. The van der Waals surface area contributed by atoms with Crippen LogP contribution in [0.15, 0.2) is 6.20 Å². The van der Waals surface area contributed by atoms with Crippen molar-refractivity contribution >= 4 is 0 Å². The molecule has 1 saturated carbocycles. The number of aromatic amines is 1. The van der Waals surface area contributed by atoms with Crippen molar-refractivity contribution in [2.45, 2.75) is 50.9 Å². The van der Waals surface area contributed by atoms with Crippen LogP contribution < -0.4 is 5.32 Å². The van der Waals surface area contributed by atoms with E-state index in [4.69, 9.17) is 0 Å². The third-order valence-corrected chi connectivity index (χ3v) is 3.65. The van der Waals surface area contributed by atoms with Gasteiger partial charge in [0.15, 0.2) is 0 Å². The van der Waals surface area contributed by atoms with Crippen molar-refractivity contribution in [2.24, 2.45) is 0 Å². The van der Waals surface area contributed by atoms with Crippen LogP contribution in [0.5, 0.6) is 0 Å². The Balaban J connectivity index is 1.94. The minimum atomic E-state index is 0.775. The largest absolute Gasteiger partial charge is 0.320 e. The number of aryl methyl sites for hydroxylation is 1. The molecule has 0 atom stereocenters. The van der Waals surface area contributed by atoms with Crippen molar-refractivity contribution in [3.63, 3.8) is 0 Å². The van der Waals surface area contributed by atoms with E-state index in [0.29, 0.717) is 0 Å². The summed E-state index contributed by atoms with van der Waals surface area (Å²) in [6.45, 7) is 1.09. The Bertz CT molecular complexity index is 300. The summed E-state index contributed by atoms with van der Waals surface area (Å²) in [5, 5.41) is 10.6. The van der Waals surface area contributed by atoms with Crippen LogP contribution in [-0.2, 0) is 6.42 Å². The molecule has 0 aliphatic heterocycles. The summed E-state index contributed by atoms with van der Waals surface area (Å²) < 4.78 is 0. The number of aromatic nitrogens is 2. The van der Waals surface area contributed by atoms with E-state index in [9.17, 15) is 0 Å². The van der Waals surface area contributed by atoms with Gasteiger partial charge in [0.1, 0.15) is 0 Å². The van der Waals surface area contributed by atoms with Crippen LogP contribution in [0.25, 0.3) is 0 Å². The topological polar surface area (TPSA) is 40.7 Å². The molecule has 3 nitrogen and oxygen atoms in total. The SMILES string of the molecule is CNCCCc1[nH]ncc1C1CCCCC1. The molecule has 0 amide bonds. The molecule has 0 bridgehead atoms. The standard InChI is InChI=1S/C13H23N3/c1-14-9-5-8-13-12(10-15-16-13)11-6-3-2-4-7-11/h10-11,14H,2-9H2,1H3,(H,15,16). The van der Waals surface area contributed by atoms with E-state index in [2.05, 4.69) is 21.7 Å². The molecule has 0 unspecified atom stereocenters. The predicted octanol–water partition coefficient (Wildman–Crippen LogP) is 2.61. The van der Waals surface area contributed by atoms with Crippen LogP contribution in [0.1, 0.15) is 55.7 Å². The zero-order chi connectivity index (χ0) is 11.2. The van der Waals surface area contributed by atoms with Crippen molar-refractivity contribution in [1.82, 2.24) is 15.5 Å². The summed E-state index contributed by atoms with van der Waals surface area (Å²) in [4.78, 5) is 0. The molecule has 1 aliphatic carbocycles. The number of hydrogen-bond donors (Lipinski definition) is 2. The Morgan fingerprint density at radius 3 is 2.94 bits per heavy atom. The molecule has 2 N–H and O–H groups in total. The molecule has 0 spiro atoms. The molecule has 0 radical (unpaired) electrons. The van der Waals surface area contributed by atoms with E-state index >= 15 is 0 Å². The van der Waals surface area contributed by atoms with E-state index in [1.807, 2.05) is 7.05 Å². The number of H-pyrrole nitrogens is 1. The molecular weight excluding hydrogens is 198 g/mol. The van der Waals surface area contributed by atoms with Gasteiger partial charge in [-0.15, -0.1) is 0 Å². The second kappa shape index (κ2) is 6.04. The molecule has 1 fully saturated rings. The van der Waals surface area contributed by atoms with Crippen molar-refractivity contribution < 1.29 is 0 Å². The fraction of sp³-hybridized carbons (Fsp3) is 0.769. The fourth-order valence-electron chi connectivity index (χ4n) is 2.73. The van der Waals surface area contributed by atoms with E-state index in [1.54, 1.807) is 0 Å². The first kappa shape index (κ1) is 11.6. The van der Waals surface area contributed by atoms with Crippen LogP contribution in [-0.4, -0.2) is 23.8 Å². The molecule has 1 aromatic rings. The van der Waals surface area contributed by atoms with Gasteiger partial charge in [-0.2, -0.15) is 5.10 Å². The Hall–Kier alpha value is -0.830. The summed E-state index contributed by atoms with van der Waals surface area (Å²) in [5.74, 6) is 0.775. The molecule has 0 aromatic carbocycles. The predicted molar refractivity (Wildman–Crippen MR) is 66.7 cm³/mol. The van der Waals surface area contributed by atoms with E-state index in [-0.39, 0.29) is 0 Å². The highest BCUT2D eigenvalue weighted by Gasteiger charge is 2.19. The zero-order valence-corrected chi connectivity index (χ0v) is 10.3. The van der Waals surface area contributed by atoms with Crippen molar-refractivity contribution in [3.05, 3.63) is 17.5 Å². The second-order valence-corrected chi connectivity index (χ2v) is 4.85. The Morgan fingerprint density at radius 1 is 1.38 bits per heavy atom. The summed E-state index contributed by atoms with van der Waals surface area (Å²) in [6.07, 6.45) is 11.3. The molecule has 16 heavy (non-hydrogen) atoms. The van der Waals surface area contributed by atoms with Gasteiger partial charge in [-0.3, -0.25) is 5.10 Å². The lowest BCUT2D eigenvalue weighted by Crippen LogP contribution is -2.10. The summed E-state index contributed by atoms with van der Waals surface area (Å²) in [7, 11) is 2.01. The van der Waals surface area contributed by atoms with Crippen molar-refractivity contribution in [1.29, 1.82) is 0 Å². The number of rotatable bonds is 5. The van der Waals surface area contributed by atoms with Gasteiger partial charge in [-0.25, -0.2) is 0 Å². The number of nitrogens with zero attached hydrogens (tertiary/aromatic N) is 1. The van der Waals surface area contributed by atoms with E-state index in [1.165, 1.54) is 49.8 Å². The first-order valence-electron chi connectivity index (χ1n) is 6.58. The van der Waals surface area contributed by atoms with Gasteiger partial charge < -0.3 is 5.32 Å². The molecule has 90 valence electrons. The smallest absolute Gasteiger partial charge is 0.0524 e. The minimum Gasteiger partial charge on any atom is -0.320 e. The molecule has 0 saturated heterocycles. The first-order valence-corrected chi connectivity index (χ1v) is 6.58. The average molecular weight is 221 g/mol. The van der Waals surface area contributed by atoms with Gasteiger partial charge in [-0.1, -0.05) is 19.3 Å². The maximum absolute atomic E-state index is 4.23. The zero-order valence-electron chi connectivity index (χ0n) is 10.3. The van der Waals surface area contributed by atoms with Crippen LogP contribution in [0.4, 0.5) is 0 Å². The Kier molecular flexibility index (Phi) is 4.40. The molecule has 2 rings (SSSR count). The molecule has 1 heterocycles. The summed E-state index contributed by atoms with van der Waals surface area (Å²) >= 11 is 0. The fourth-order valence-corrected chi connectivity index (χ4v) is 2.73. The van der Waals surface area contributed by atoms with E-state index < -0.39 is 0 Å². The van der Waals surface area contributed by atoms with Gasteiger partial charge in [0, 0.05) is 5.69 Å². The van der Waals surface area contributed by atoms with Gasteiger partial charge in [0.2, 0.25) is 0 Å². The highest BCUT2D eigenvalue weighted by molar-refractivity contribution is 5.22. The first-order chi connectivity index (χ1) is 7.92. The number of hydrogen-bond acceptors (Lipinski definition) is 2. The lowest BCUT2D eigenvalue weighted by Gasteiger charge is -2.21. The Morgan fingerprint density at radius 2 is 2.19 bits per heavy atom. The monoisotopic (exact) mass is 221 g/mol. The minimum absolute atomic E-state index is 0.775. The lowest BCUT2D eigenvalue weighted by molar-refractivity contribution is 0.441. The average Bonchev–Trinajstić information content (AvgIpc) is 2.79. The highest BCUT2D eigenvalue weighted by atomic mass is 15.1.